The Morgan fingerprint density at radius 3 is 2.24 bits per heavy atom. The summed E-state index contributed by atoms with van der Waals surface area (Å²) in [6.07, 6.45) is 11.8. The van der Waals surface area contributed by atoms with E-state index in [0.29, 0.717) is 23.5 Å². The fourth-order valence-electron chi connectivity index (χ4n) is 5.23. The van der Waals surface area contributed by atoms with Gasteiger partial charge in [-0.1, -0.05) is 61.9 Å². The molecule has 176 valence electrons. The molecule has 0 bridgehead atoms. The Bertz CT molecular complexity index is 1000. The van der Waals surface area contributed by atoms with Crippen LogP contribution in [-0.2, 0) is 4.74 Å². The molecular weight excluding hydrogens is 421 g/mol. The molecule has 0 radical (unpaired) electrons. The van der Waals surface area contributed by atoms with Crippen molar-refractivity contribution >= 4 is 6.08 Å². The molecular formula is C29H33F3O. The Morgan fingerprint density at radius 1 is 0.879 bits per heavy atom. The molecule has 2 aromatic carbocycles. The number of ether oxygens (including phenoxy) is 1. The Labute approximate surface area is 195 Å². The van der Waals surface area contributed by atoms with Gasteiger partial charge in [-0.3, -0.25) is 0 Å². The summed E-state index contributed by atoms with van der Waals surface area (Å²) in [5.74, 6) is -1.06. The number of halogens is 3. The zero-order valence-electron chi connectivity index (χ0n) is 19.5. The quantitative estimate of drug-likeness (QED) is 0.424. The second kappa shape index (κ2) is 10.7. The fourth-order valence-corrected chi connectivity index (χ4v) is 5.23. The van der Waals surface area contributed by atoms with Crippen molar-refractivity contribution in [3.8, 4) is 11.1 Å². The van der Waals surface area contributed by atoms with Gasteiger partial charge in [0.1, 0.15) is 5.83 Å². The number of hydrogen-bond acceptors (Lipinski definition) is 1. The molecule has 0 aliphatic heterocycles. The molecule has 33 heavy (non-hydrogen) atoms. The van der Waals surface area contributed by atoms with Crippen molar-refractivity contribution in [3.05, 3.63) is 77.1 Å². The monoisotopic (exact) mass is 454 g/mol. The van der Waals surface area contributed by atoms with Crippen LogP contribution in [0, 0.1) is 23.5 Å². The highest BCUT2D eigenvalue weighted by molar-refractivity contribution is 5.67. The minimum absolute atomic E-state index is 0.109. The lowest BCUT2D eigenvalue weighted by Gasteiger charge is -2.28. The number of allylic oxidation sites excluding steroid dienone is 2. The summed E-state index contributed by atoms with van der Waals surface area (Å²) in [5, 5.41) is 0. The zero-order valence-corrected chi connectivity index (χ0v) is 19.5. The molecule has 2 unspecified atom stereocenters. The van der Waals surface area contributed by atoms with Gasteiger partial charge < -0.3 is 4.74 Å². The third-order valence-electron chi connectivity index (χ3n) is 7.48. The van der Waals surface area contributed by atoms with Gasteiger partial charge in [-0.2, -0.15) is 0 Å². The second-order valence-electron chi connectivity index (χ2n) is 9.45. The molecule has 0 N–H and O–H groups in total. The van der Waals surface area contributed by atoms with Crippen LogP contribution >= 0.6 is 0 Å². The summed E-state index contributed by atoms with van der Waals surface area (Å²) in [4.78, 5) is 0. The molecule has 4 heteroatoms. The van der Waals surface area contributed by atoms with Crippen molar-refractivity contribution in [1.29, 1.82) is 0 Å². The average molecular weight is 455 g/mol. The van der Waals surface area contributed by atoms with Crippen LogP contribution in [0.3, 0.4) is 0 Å². The molecule has 0 amide bonds. The molecule has 0 aromatic heterocycles. The first kappa shape index (κ1) is 23.8. The van der Waals surface area contributed by atoms with Crippen LogP contribution in [0.4, 0.5) is 13.2 Å². The van der Waals surface area contributed by atoms with Gasteiger partial charge in [0, 0.05) is 18.6 Å². The molecule has 1 saturated carbocycles. The molecule has 1 nitrogen and oxygen atoms in total. The second-order valence-corrected chi connectivity index (χ2v) is 9.45. The topological polar surface area (TPSA) is 9.23 Å². The predicted octanol–water partition coefficient (Wildman–Crippen LogP) is 8.61. The molecule has 2 aliphatic carbocycles. The Balaban J connectivity index is 1.46. The highest BCUT2D eigenvalue weighted by atomic mass is 19.2. The largest absolute Gasteiger partial charge is 0.377 e. The summed E-state index contributed by atoms with van der Waals surface area (Å²) in [7, 11) is 1.59. The minimum atomic E-state index is -0.768. The van der Waals surface area contributed by atoms with Gasteiger partial charge in [0.25, 0.3) is 0 Å². The lowest BCUT2D eigenvalue weighted by Crippen LogP contribution is -2.16. The fraction of sp³-hybridized carbons (Fsp3) is 0.448. The standard InChI is InChI=1S/C29H33F3O/c1-3-19-4-9-21(10-5-19)25-16-17-26(29(32)28(25)31)22-11-6-20(7-12-22)8-13-23-14-15-24(33-2)18-27(23)30/h6-8,11-13,16-19,21,23-24H,3-5,9-10,14-15H2,1-2H3/b13-8+. The van der Waals surface area contributed by atoms with Gasteiger partial charge in [0.05, 0.1) is 6.10 Å². The van der Waals surface area contributed by atoms with Crippen molar-refractivity contribution in [2.45, 2.75) is 63.9 Å². The van der Waals surface area contributed by atoms with Crippen molar-refractivity contribution in [3.63, 3.8) is 0 Å². The number of rotatable bonds is 6. The lowest BCUT2D eigenvalue weighted by molar-refractivity contribution is 0.119. The van der Waals surface area contributed by atoms with Crippen LogP contribution in [0.2, 0.25) is 0 Å². The van der Waals surface area contributed by atoms with Crippen molar-refractivity contribution in [1.82, 2.24) is 0 Å². The van der Waals surface area contributed by atoms with Crippen LogP contribution in [-0.4, -0.2) is 13.2 Å². The van der Waals surface area contributed by atoms with Gasteiger partial charge in [-0.15, -0.1) is 0 Å². The molecule has 0 heterocycles. The Hall–Kier alpha value is -2.33. The third kappa shape index (κ3) is 5.43. The van der Waals surface area contributed by atoms with E-state index in [1.165, 1.54) is 6.08 Å². The Kier molecular flexibility index (Phi) is 7.75. The maximum absolute atomic E-state index is 15.0. The first-order chi connectivity index (χ1) is 16.0. The normalized spacial score (nSPS) is 25.9. The molecule has 4 rings (SSSR count). The highest BCUT2D eigenvalue weighted by Crippen LogP contribution is 2.39. The van der Waals surface area contributed by atoms with Crippen molar-refractivity contribution in [2.75, 3.05) is 7.11 Å². The smallest absolute Gasteiger partial charge is 0.166 e. The molecule has 1 fully saturated rings. The molecule has 0 saturated heterocycles. The van der Waals surface area contributed by atoms with Gasteiger partial charge in [-0.25, -0.2) is 13.2 Å². The molecule has 2 aliphatic rings. The lowest BCUT2D eigenvalue weighted by atomic mass is 9.77. The summed E-state index contributed by atoms with van der Waals surface area (Å²) >= 11 is 0. The van der Waals surface area contributed by atoms with Crippen LogP contribution in [0.1, 0.15) is 68.9 Å². The van der Waals surface area contributed by atoms with Crippen molar-refractivity contribution < 1.29 is 17.9 Å². The van der Waals surface area contributed by atoms with E-state index in [0.717, 1.165) is 44.1 Å². The predicted molar refractivity (Wildman–Crippen MR) is 129 cm³/mol. The van der Waals surface area contributed by atoms with Gasteiger partial charge >= 0.3 is 0 Å². The van der Waals surface area contributed by atoms with Crippen LogP contribution in [0.5, 0.6) is 0 Å². The average Bonchev–Trinajstić information content (AvgIpc) is 2.85. The maximum atomic E-state index is 15.0. The van der Waals surface area contributed by atoms with Crippen LogP contribution < -0.4 is 0 Å². The third-order valence-corrected chi connectivity index (χ3v) is 7.48. The van der Waals surface area contributed by atoms with E-state index >= 15 is 0 Å². The summed E-state index contributed by atoms with van der Waals surface area (Å²) < 4.78 is 49.4. The van der Waals surface area contributed by atoms with E-state index in [1.54, 1.807) is 31.4 Å². The molecule has 2 aromatic rings. The summed E-state index contributed by atoms with van der Waals surface area (Å²) in [6, 6.07) is 10.8. The van der Waals surface area contributed by atoms with Crippen LogP contribution in [0.25, 0.3) is 17.2 Å². The SMILES string of the molecule is CCC1CCC(c2ccc(-c3ccc(/C=C/C4CCC(OC)C=C4F)cc3)c(F)c2F)CC1. The number of hydrogen-bond donors (Lipinski definition) is 0. The maximum Gasteiger partial charge on any atom is 0.166 e. The summed E-state index contributed by atoms with van der Waals surface area (Å²) in [6.45, 7) is 2.20. The van der Waals surface area contributed by atoms with Gasteiger partial charge in [0.15, 0.2) is 11.6 Å². The number of benzene rings is 2. The van der Waals surface area contributed by atoms with E-state index in [4.69, 9.17) is 4.74 Å². The Morgan fingerprint density at radius 2 is 1.61 bits per heavy atom. The van der Waals surface area contributed by atoms with E-state index < -0.39 is 11.6 Å². The van der Waals surface area contributed by atoms with Gasteiger partial charge in [-0.05, 0) is 73.1 Å². The van der Waals surface area contributed by atoms with E-state index in [1.807, 2.05) is 24.3 Å². The van der Waals surface area contributed by atoms with Gasteiger partial charge in [0.2, 0.25) is 0 Å². The molecule has 2 atom stereocenters. The van der Waals surface area contributed by atoms with E-state index in [9.17, 15) is 13.2 Å². The first-order valence-corrected chi connectivity index (χ1v) is 12.2. The van der Waals surface area contributed by atoms with E-state index in [-0.39, 0.29) is 29.3 Å². The summed E-state index contributed by atoms with van der Waals surface area (Å²) in [5.41, 5.74) is 2.33. The highest BCUT2D eigenvalue weighted by Gasteiger charge is 2.26. The zero-order chi connectivity index (χ0) is 23.4. The molecule has 0 spiro atoms. The van der Waals surface area contributed by atoms with E-state index in [2.05, 4.69) is 6.92 Å². The van der Waals surface area contributed by atoms with Crippen molar-refractivity contribution in [2.24, 2.45) is 11.8 Å². The van der Waals surface area contributed by atoms with Crippen LogP contribution in [0.15, 0.2) is 54.4 Å². The first-order valence-electron chi connectivity index (χ1n) is 12.2. The minimum Gasteiger partial charge on any atom is -0.377 e. The number of methoxy groups -OCH3 is 1.